The Bertz CT molecular complexity index is 1840. The molecule has 1 saturated carbocycles. The number of fused-ring (bicyclic) bond motifs is 1. The summed E-state index contributed by atoms with van der Waals surface area (Å²) in [4.78, 5) is 3.56. The van der Waals surface area contributed by atoms with Crippen LogP contribution in [0.2, 0.25) is 0 Å². The van der Waals surface area contributed by atoms with Crippen molar-refractivity contribution in [2.24, 2.45) is 7.05 Å². The highest BCUT2D eigenvalue weighted by Gasteiger charge is 2.47. The molecule has 218 valence electrons. The Morgan fingerprint density at radius 3 is 2.41 bits per heavy atom. The molecule has 3 aromatic rings. The van der Waals surface area contributed by atoms with Crippen molar-refractivity contribution in [1.29, 1.82) is 5.26 Å². The molecule has 2 aromatic heterocycles. The lowest BCUT2D eigenvalue weighted by Gasteiger charge is -2.28. The molecule has 0 bridgehead atoms. The van der Waals surface area contributed by atoms with E-state index >= 15 is 0 Å². The van der Waals surface area contributed by atoms with Crippen molar-refractivity contribution in [2.45, 2.75) is 55.0 Å². The number of aryl methyl sites for hydroxylation is 1. The highest BCUT2D eigenvalue weighted by atomic mass is 32.2. The first kappa shape index (κ1) is 29.2. The van der Waals surface area contributed by atoms with Crippen molar-refractivity contribution in [2.75, 3.05) is 13.1 Å². The maximum absolute atomic E-state index is 13.5. The van der Waals surface area contributed by atoms with E-state index in [0.29, 0.717) is 29.5 Å². The lowest BCUT2D eigenvalue weighted by Crippen LogP contribution is -2.39. The maximum Gasteiger partial charge on any atom is 0.433 e. The Kier molecular flexibility index (Phi) is 7.05. The standard InChI is InChI=1S/C26H27F3N6O4S2/c1-16(2)41(38,39)35-11-7-17(8-12-35)19-13-18(40(36,37)33-25(15-30)9-10-25)14-20-23(32-34(3)24(19)20)21-5-4-6-22(31-21)26(27,28)29/h4-7,13-14,16,33H,8-12H2,1-3H3. The Labute approximate surface area is 235 Å². The van der Waals surface area contributed by atoms with Crippen LogP contribution in [0.25, 0.3) is 27.9 Å². The lowest BCUT2D eigenvalue weighted by molar-refractivity contribution is -0.141. The molecule has 1 aliphatic heterocycles. The van der Waals surface area contributed by atoms with E-state index in [1.165, 1.54) is 33.3 Å². The molecule has 5 rings (SSSR count). The van der Waals surface area contributed by atoms with E-state index in [-0.39, 0.29) is 41.2 Å². The summed E-state index contributed by atoms with van der Waals surface area (Å²) in [5.74, 6) is 0. The maximum atomic E-state index is 13.5. The first-order valence-electron chi connectivity index (χ1n) is 12.8. The molecule has 2 aliphatic rings. The van der Waals surface area contributed by atoms with Crippen LogP contribution in [-0.2, 0) is 33.3 Å². The van der Waals surface area contributed by atoms with Crippen LogP contribution in [0.5, 0.6) is 0 Å². The Morgan fingerprint density at radius 1 is 1.15 bits per heavy atom. The van der Waals surface area contributed by atoms with Gasteiger partial charge in [0.05, 0.1) is 27.4 Å². The molecule has 0 spiro atoms. The first-order valence-corrected chi connectivity index (χ1v) is 15.8. The number of alkyl halides is 3. The number of nitrogens with one attached hydrogen (secondary N) is 1. The van der Waals surface area contributed by atoms with Crippen LogP contribution in [0, 0.1) is 11.3 Å². The van der Waals surface area contributed by atoms with E-state index in [1.807, 2.05) is 6.07 Å². The summed E-state index contributed by atoms with van der Waals surface area (Å²) in [5, 5.41) is 13.5. The highest BCUT2D eigenvalue weighted by Crippen LogP contribution is 2.40. The number of nitriles is 1. The second kappa shape index (κ2) is 9.90. The van der Waals surface area contributed by atoms with E-state index in [1.54, 1.807) is 27.0 Å². The molecule has 10 nitrogen and oxygen atoms in total. The van der Waals surface area contributed by atoms with Crippen molar-refractivity contribution in [3.05, 3.63) is 47.7 Å². The van der Waals surface area contributed by atoms with E-state index in [0.717, 1.165) is 6.07 Å². The highest BCUT2D eigenvalue weighted by molar-refractivity contribution is 7.89. The minimum atomic E-state index is -4.70. The van der Waals surface area contributed by atoms with Crippen molar-refractivity contribution in [3.8, 4) is 17.5 Å². The number of hydrogen-bond acceptors (Lipinski definition) is 7. The average molecular weight is 609 g/mol. The molecule has 0 radical (unpaired) electrons. The molecule has 1 N–H and O–H groups in total. The van der Waals surface area contributed by atoms with Crippen LogP contribution in [-0.4, -0.2) is 59.8 Å². The number of rotatable bonds is 7. The van der Waals surface area contributed by atoms with Gasteiger partial charge in [0.1, 0.15) is 16.9 Å². The van der Waals surface area contributed by atoms with Crippen LogP contribution in [0.15, 0.2) is 41.3 Å². The zero-order valence-corrected chi connectivity index (χ0v) is 24.0. The molecule has 0 atom stereocenters. The average Bonchev–Trinajstić information content (AvgIpc) is 3.61. The van der Waals surface area contributed by atoms with E-state index in [2.05, 4.69) is 14.8 Å². The SMILES string of the molecule is CC(C)S(=O)(=O)N1CC=C(c2cc(S(=O)(=O)NC3(C#N)CC3)cc3c(-c4cccc(C(F)(F)F)n4)nn(C)c23)CC1. The van der Waals surface area contributed by atoms with Gasteiger partial charge in [-0.1, -0.05) is 12.1 Å². The lowest BCUT2D eigenvalue weighted by atomic mass is 9.97. The second-order valence-corrected chi connectivity index (χ2v) is 14.6. The van der Waals surface area contributed by atoms with Gasteiger partial charge in [0.2, 0.25) is 20.0 Å². The van der Waals surface area contributed by atoms with Crippen molar-refractivity contribution in [1.82, 2.24) is 23.8 Å². The second-order valence-electron chi connectivity index (χ2n) is 10.5. The Balaban J connectivity index is 1.70. The number of hydrogen-bond donors (Lipinski definition) is 1. The predicted octanol–water partition coefficient (Wildman–Crippen LogP) is 3.82. The van der Waals surface area contributed by atoms with Gasteiger partial charge in [-0.3, -0.25) is 4.68 Å². The predicted molar refractivity (Wildman–Crippen MR) is 145 cm³/mol. The van der Waals surface area contributed by atoms with Crippen molar-refractivity contribution < 1.29 is 30.0 Å². The quantitative estimate of drug-likeness (QED) is 0.431. The van der Waals surface area contributed by atoms with Crippen molar-refractivity contribution >= 4 is 36.5 Å². The number of halogens is 3. The molecule has 1 fully saturated rings. The van der Waals surface area contributed by atoms with Gasteiger partial charge in [0.25, 0.3) is 0 Å². The van der Waals surface area contributed by atoms with Gasteiger partial charge in [-0.15, -0.1) is 0 Å². The first-order chi connectivity index (χ1) is 19.1. The van der Waals surface area contributed by atoms with Crippen LogP contribution in [0.4, 0.5) is 13.2 Å². The monoisotopic (exact) mass is 608 g/mol. The summed E-state index contributed by atoms with van der Waals surface area (Å²) in [7, 11) is -6.16. The number of benzene rings is 1. The fraction of sp³-hybridized carbons (Fsp3) is 0.423. The molecule has 41 heavy (non-hydrogen) atoms. The largest absolute Gasteiger partial charge is 0.433 e. The minimum absolute atomic E-state index is 0.0498. The zero-order valence-electron chi connectivity index (χ0n) is 22.4. The summed E-state index contributed by atoms with van der Waals surface area (Å²) in [6.07, 6.45) is -2.02. The zero-order chi connectivity index (χ0) is 30.0. The Hall–Kier alpha value is -3.32. The smallest absolute Gasteiger partial charge is 0.267 e. The fourth-order valence-corrected chi connectivity index (χ4v) is 7.46. The summed E-state index contributed by atoms with van der Waals surface area (Å²) in [6, 6.07) is 8.13. The number of aromatic nitrogens is 3. The van der Waals surface area contributed by atoms with Crippen LogP contribution in [0.1, 0.15) is 44.4 Å². The summed E-state index contributed by atoms with van der Waals surface area (Å²) < 4.78 is 97.9. The topological polar surface area (TPSA) is 138 Å². The summed E-state index contributed by atoms with van der Waals surface area (Å²) in [5.41, 5.74) is -0.814. The summed E-state index contributed by atoms with van der Waals surface area (Å²) in [6.45, 7) is 3.42. The van der Waals surface area contributed by atoms with Crippen LogP contribution >= 0.6 is 0 Å². The minimum Gasteiger partial charge on any atom is -0.267 e. The number of pyridine rings is 1. The van der Waals surface area contributed by atoms with Crippen LogP contribution in [0.3, 0.4) is 0 Å². The molecule has 3 heterocycles. The van der Waals surface area contributed by atoms with Gasteiger partial charge < -0.3 is 0 Å². The van der Waals surface area contributed by atoms with E-state index < -0.39 is 42.7 Å². The molecule has 1 aliphatic carbocycles. The van der Waals surface area contributed by atoms with Gasteiger partial charge in [-0.2, -0.15) is 32.6 Å². The molecule has 1 aromatic carbocycles. The molecule has 15 heteroatoms. The number of nitrogens with zero attached hydrogens (tertiary/aromatic N) is 5. The fourth-order valence-electron chi connectivity index (χ4n) is 4.81. The molecular formula is C26H27F3N6O4S2. The van der Waals surface area contributed by atoms with Gasteiger partial charge in [-0.25, -0.2) is 21.8 Å². The third kappa shape index (κ3) is 5.36. The molecule has 0 amide bonds. The molecule has 0 unspecified atom stereocenters. The van der Waals surface area contributed by atoms with Gasteiger partial charge in [0, 0.05) is 31.1 Å². The number of sulfonamides is 2. The third-order valence-electron chi connectivity index (χ3n) is 7.27. The molecular weight excluding hydrogens is 581 g/mol. The van der Waals surface area contributed by atoms with Gasteiger partial charge in [0.15, 0.2) is 0 Å². The summed E-state index contributed by atoms with van der Waals surface area (Å²) >= 11 is 0. The Morgan fingerprint density at radius 2 is 1.85 bits per heavy atom. The third-order valence-corrected chi connectivity index (χ3v) is 11.0. The van der Waals surface area contributed by atoms with Crippen LogP contribution < -0.4 is 4.72 Å². The van der Waals surface area contributed by atoms with E-state index in [4.69, 9.17) is 0 Å². The van der Waals surface area contributed by atoms with Gasteiger partial charge in [-0.05, 0) is 62.9 Å². The normalized spacial score (nSPS) is 18.0. The van der Waals surface area contributed by atoms with Gasteiger partial charge >= 0.3 is 6.18 Å². The molecule has 0 saturated heterocycles. The van der Waals surface area contributed by atoms with Crippen molar-refractivity contribution in [3.63, 3.8) is 0 Å². The van der Waals surface area contributed by atoms with E-state index in [9.17, 15) is 35.3 Å².